The molecule has 7 nitrogen and oxygen atoms in total. The van der Waals surface area contributed by atoms with Crippen LogP contribution in [0.25, 0.3) is 0 Å². The van der Waals surface area contributed by atoms with Crippen LogP contribution in [0.5, 0.6) is 0 Å². The summed E-state index contributed by atoms with van der Waals surface area (Å²) in [7, 11) is 0. The van der Waals surface area contributed by atoms with Gasteiger partial charge in [0.2, 0.25) is 0 Å². The topological polar surface area (TPSA) is 141 Å². The molecule has 0 spiro atoms. The zero-order valence-corrected chi connectivity index (χ0v) is 10.3. The fourth-order valence-corrected chi connectivity index (χ4v) is 0. The minimum absolute atomic E-state index is 0. The molecule has 0 fully saturated rings. The Hall–Kier alpha value is -0.630. The van der Waals surface area contributed by atoms with Gasteiger partial charge >= 0.3 is 35.5 Å². The van der Waals surface area contributed by atoms with Crippen LogP contribution in [0.2, 0.25) is 0 Å². The first-order valence-corrected chi connectivity index (χ1v) is 3.03. The van der Waals surface area contributed by atoms with Gasteiger partial charge in [-0.1, -0.05) is 0 Å². The van der Waals surface area contributed by atoms with Crippen LogP contribution in [0.1, 0.15) is 13.8 Å². The molecule has 8 heteroatoms. The maximum Gasteiger partial charge on any atom is 1.00 e. The molecule has 0 aliphatic carbocycles. The summed E-state index contributed by atoms with van der Waals surface area (Å²) < 4.78 is 0. The number of aliphatic carboxylic acids is 3. The number of rotatable bonds is 1. The van der Waals surface area contributed by atoms with Gasteiger partial charge in [0, 0.05) is 12.9 Å². The summed E-state index contributed by atoms with van der Waals surface area (Å²) in [5, 5.41) is 23.9. The van der Waals surface area contributed by atoms with Crippen LogP contribution in [0, 0.1) is 0 Å². The molecule has 0 aromatic heterocycles. The van der Waals surface area contributed by atoms with Gasteiger partial charge in [-0.2, -0.15) is 0 Å². The van der Waals surface area contributed by atoms with Gasteiger partial charge in [0.1, 0.15) is 0 Å². The molecule has 0 unspecified atom stereocenters. The SMILES string of the molecule is CC(=O)O.CC(=O)[O-].NCC(=O)O.[Na+]. The Morgan fingerprint density at radius 2 is 1.29 bits per heavy atom. The van der Waals surface area contributed by atoms with Crippen LogP contribution in [0.3, 0.4) is 0 Å². The first kappa shape index (κ1) is 23.3. The molecule has 0 aromatic carbocycles. The summed E-state index contributed by atoms with van der Waals surface area (Å²) in [4.78, 5) is 27.1. The van der Waals surface area contributed by atoms with Crippen molar-refractivity contribution in [3.05, 3.63) is 0 Å². The first-order chi connectivity index (χ1) is 5.73. The Bertz CT molecular complexity index is 152. The van der Waals surface area contributed by atoms with Gasteiger partial charge in [0.25, 0.3) is 5.97 Å². The Balaban J connectivity index is -0.0000000522. The summed E-state index contributed by atoms with van der Waals surface area (Å²) >= 11 is 0. The van der Waals surface area contributed by atoms with E-state index in [4.69, 9.17) is 24.9 Å². The molecule has 78 valence electrons. The molecule has 0 radical (unpaired) electrons. The number of carbonyl (C=O) groups excluding carboxylic acids is 1. The van der Waals surface area contributed by atoms with E-state index in [1.807, 2.05) is 0 Å². The largest absolute Gasteiger partial charge is 1.00 e. The second-order valence-electron chi connectivity index (χ2n) is 1.61. The minimum Gasteiger partial charge on any atom is -0.550 e. The molecule has 4 N–H and O–H groups in total. The Kier molecular flexibility index (Phi) is 30.3. The van der Waals surface area contributed by atoms with Gasteiger partial charge < -0.3 is 25.8 Å². The van der Waals surface area contributed by atoms with Gasteiger partial charge in [0.05, 0.1) is 6.54 Å². The zero-order valence-electron chi connectivity index (χ0n) is 8.31. The van der Waals surface area contributed by atoms with Gasteiger partial charge in [-0.05, 0) is 6.92 Å². The standard InChI is InChI=1S/C2H5NO2.2C2H4O2.Na/c3-1-2(4)5;2*1-2(3)4;/h1,3H2,(H,4,5);2*1H3,(H,3,4);/q;;;+1/p-1. The Labute approximate surface area is 103 Å². The maximum absolute atomic E-state index is 9.24. The normalized spacial score (nSPS) is 6.21. The van der Waals surface area contributed by atoms with Crippen molar-refractivity contribution < 1.29 is 59.3 Å². The van der Waals surface area contributed by atoms with Crippen molar-refractivity contribution in [2.75, 3.05) is 6.54 Å². The molecular formula is C6H12NNaO6. The van der Waals surface area contributed by atoms with Crippen LogP contribution in [0.15, 0.2) is 0 Å². The van der Waals surface area contributed by atoms with Gasteiger partial charge in [-0.3, -0.25) is 9.59 Å². The average molecular weight is 217 g/mol. The smallest absolute Gasteiger partial charge is 0.550 e. The molecule has 0 aliphatic heterocycles. The molecule has 0 bridgehead atoms. The quantitative estimate of drug-likeness (QED) is 0.373. The molecule has 0 rings (SSSR count). The van der Waals surface area contributed by atoms with Crippen molar-refractivity contribution >= 4 is 17.9 Å². The summed E-state index contributed by atoms with van der Waals surface area (Å²) in [5.41, 5.74) is 4.57. The number of nitrogens with two attached hydrogens (primary N) is 1. The Morgan fingerprint density at radius 3 is 1.29 bits per heavy atom. The minimum atomic E-state index is -1.08. The van der Waals surface area contributed by atoms with E-state index in [0.717, 1.165) is 13.8 Å². The number of hydrogen-bond acceptors (Lipinski definition) is 5. The summed E-state index contributed by atoms with van der Waals surface area (Å²) in [6, 6.07) is 0. The number of carbonyl (C=O) groups is 3. The monoisotopic (exact) mass is 217 g/mol. The van der Waals surface area contributed by atoms with E-state index in [2.05, 4.69) is 5.73 Å². The van der Waals surface area contributed by atoms with E-state index in [-0.39, 0.29) is 36.1 Å². The summed E-state index contributed by atoms with van der Waals surface area (Å²) in [6.07, 6.45) is 0. The van der Waals surface area contributed by atoms with Gasteiger partial charge in [-0.25, -0.2) is 0 Å². The van der Waals surface area contributed by atoms with Crippen molar-refractivity contribution in [3.8, 4) is 0 Å². The molecule has 0 heterocycles. The van der Waals surface area contributed by atoms with Crippen LogP contribution in [-0.2, 0) is 14.4 Å². The first-order valence-electron chi connectivity index (χ1n) is 3.03. The molecule has 14 heavy (non-hydrogen) atoms. The van der Waals surface area contributed by atoms with Gasteiger partial charge in [-0.15, -0.1) is 0 Å². The number of carboxylic acids is 3. The van der Waals surface area contributed by atoms with Gasteiger partial charge in [0.15, 0.2) is 0 Å². The molecular weight excluding hydrogens is 205 g/mol. The number of carboxylic acid groups (broad SMARTS) is 3. The van der Waals surface area contributed by atoms with Crippen molar-refractivity contribution in [1.82, 2.24) is 0 Å². The van der Waals surface area contributed by atoms with Crippen LogP contribution >= 0.6 is 0 Å². The number of hydrogen-bond donors (Lipinski definition) is 3. The predicted molar refractivity (Wildman–Crippen MR) is 40.7 cm³/mol. The van der Waals surface area contributed by atoms with E-state index in [9.17, 15) is 4.79 Å². The van der Waals surface area contributed by atoms with E-state index in [0.29, 0.717) is 0 Å². The van der Waals surface area contributed by atoms with E-state index in [1.54, 1.807) is 0 Å². The second kappa shape index (κ2) is 18.2. The predicted octanol–water partition coefficient (Wildman–Crippen LogP) is -5.12. The van der Waals surface area contributed by atoms with Crippen molar-refractivity contribution in [3.63, 3.8) is 0 Å². The third-order valence-electron chi connectivity index (χ3n) is 0.175. The zero-order chi connectivity index (χ0) is 11.4. The average Bonchev–Trinajstić information content (AvgIpc) is 1.84. The van der Waals surface area contributed by atoms with Crippen LogP contribution < -0.4 is 40.4 Å². The van der Waals surface area contributed by atoms with Crippen molar-refractivity contribution in [2.45, 2.75) is 13.8 Å². The molecule has 0 atom stereocenters. The fraction of sp³-hybridized carbons (Fsp3) is 0.500. The third-order valence-corrected chi connectivity index (χ3v) is 0.175. The molecule has 0 saturated carbocycles. The van der Waals surface area contributed by atoms with Crippen LogP contribution in [0.4, 0.5) is 0 Å². The molecule has 0 saturated heterocycles. The van der Waals surface area contributed by atoms with E-state index < -0.39 is 17.9 Å². The maximum atomic E-state index is 9.24. The summed E-state index contributed by atoms with van der Waals surface area (Å²) in [5.74, 6) is -2.88. The van der Waals surface area contributed by atoms with Crippen LogP contribution in [-0.4, -0.2) is 34.7 Å². The summed E-state index contributed by atoms with van der Waals surface area (Å²) in [6.45, 7) is 1.78. The second-order valence-corrected chi connectivity index (χ2v) is 1.61. The van der Waals surface area contributed by atoms with Crippen molar-refractivity contribution in [2.24, 2.45) is 5.73 Å². The molecule has 0 aliphatic rings. The third kappa shape index (κ3) is 651. The van der Waals surface area contributed by atoms with E-state index in [1.165, 1.54) is 0 Å². The molecule has 0 amide bonds. The molecule has 0 aromatic rings. The van der Waals surface area contributed by atoms with E-state index >= 15 is 0 Å². The fourth-order valence-electron chi connectivity index (χ4n) is 0. The van der Waals surface area contributed by atoms with Crippen molar-refractivity contribution in [1.29, 1.82) is 0 Å². The Morgan fingerprint density at radius 1 is 1.21 bits per heavy atom.